The van der Waals surface area contributed by atoms with Crippen molar-refractivity contribution in [2.75, 3.05) is 0 Å². The minimum absolute atomic E-state index is 0.834. The summed E-state index contributed by atoms with van der Waals surface area (Å²) in [6, 6.07) is -0.154. The van der Waals surface area contributed by atoms with Crippen molar-refractivity contribution in [1.29, 1.82) is 0 Å². The van der Waals surface area contributed by atoms with Gasteiger partial charge in [-0.1, -0.05) is 12.5 Å². The van der Waals surface area contributed by atoms with Crippen LogP contribution in [0.2, 0.25) is 12.1 Å². The van der Waals surface area contributed by atoms with E-state index < -0.39 is 6.00 Å². The second-order valence-electron chi connectivity index (χ2n) is 1.72. The molecule has 0 unspecified atom stereocenters. The van der Waals surface area contributed by atoms with E-state index in [9.17, 15) is 0 Å². The first kappa shape index (κ1) is 9.30. The van der Waals surface area contributed by atoms with Crippen LogP contribution in [0.4, 0.5) is 0 Å². The van der Waals surface area contributed by atoms with E-state index in [0.29, 0.717) is 0 Å². The Balaban J connectivity index is 3.11. The third-order valence-corrected chi connectivity index (χ3v) is 4.14. The Morgan fingerprint density at radius 3 is 1.88 bits per heavy atom. The molecule has 0 aromatic heterocycles. The molecule has 5 heteroatoms. The molecule has 0 N–H and O–H groups in total. The maximum atomic E-state index is 5.60. The summed E-state index contributed by atoms with van der Waals surface area (Å²) in [5.41, 5.74) is 0. The average molecular weight is 208 g/mol. The van der Waals surface area contributed by atoms with Crippen molar-refractivity contribution in [2.24, 2.45) is 0 Å². The smallest absolute Gasteiger partial charge is 0.126 e. The molecule has 0 atom stereocenters. The summed E-state index contributed by atoms with van der Waals surface area (Å²) in [5.74, 6) is 0. The lowest BCUT2D eigenvalue weighted by atomic mass is 10.6. The van der Waals surface area contributed by atoms with Crippen molar-refractivity contribution >= 4 is 49.5 Å². The van der Waals surface area contributed by atoms with Crippen LogP contribution in [-0.4, -0.2) is 16.2 Å². The fourth-order valence-electron chi connectivity index (χ4n) is 0.377. The van der Waals surface area contributed by atoms with Crippen LogP contribution in [0, 0.1) is 0 Å². The van der Waals surface area contributed by atoms with Gasteiger partial charge in [0.15, 0.2) is 0 Å². The topological polar surface area (TPSA) is 0 Å². The van der Waals surface area contributed by atoms with Crippen LogP contribution >= 0.6 is 33.2 Å². The van der Waals surface area contributed by atoms with E-state index in [2.05, 4.69) is 0 Å². The molecular formula is C3H9Cl3Si2. The van der Waals surface area contributed by atoms with Crippen molar-refractivity contribution in [3.05, 3.63) is 0 Å². The fraction of sp³-hybridized carbons (Fsp3) is 1.00. The van der Waals surface area contributed by atoms with E-state index in [4.69, 9.17) is 33.2 Å². The zero-order valence-corrected chi connectivity index (χ0v) is 10.0. The molecule has 0 nitrogen and oxygen atoms in total. The molecule has 0 saturated heterocycles. The normalized spacial score (nSPS) is 12.4. The first-order valence-corrected chi connectivity index (χ1v) is 9.28. The summed E-state index contributed by atoms with van der Waals surface area (Å²) in [7, 11) is 1.23. The summed E-state index contributed by atoms with van der Waals surface area (Å²) >= 11 is 16.8. The highest BCUT2D eigenvalue weighted by atomic mass is 35.8. The number of hydrogen-bond acceptors (Lipinski definition) is 0. The Bertz CT molecular complexity index is 60.0. The van der Waals surface area contributed by atoms with Crippen molar-refractivity contribution < 1.29 is 0 Å². The van der Waals surface area contributed by atoms with E-state index in [-0.39, 0.29) is 0 Å². The van der Waals surface area contributed by atoms with Crippen molar-refractivity contribution in [2.45, 2.75) is 18.5 Å². The molecule has 0 aliphatic carbocycles. The first-order chi connectivity index (χ1) is 3.56. The third-order valence-electron chi connectivity index (χ3n) is 0.814. The standard InChI is InChI=1S/C3H9Cl3Si2/c4-8(5,6)3-1-2-7/h1-3H2,7H3. The fourth-order valence-corrected chi connectivity index (χ4v) is 3.40. The van der Waals surface area contributed by atoms with Gasteiger partial charge in [0.1, 0.15) is 0 Å². The van der Waals surface area contributed by atoms with E-state index in [1.807, 2.05) is 0 Å². The molecule has 0 fully saturated rings. The van der Waals surface area contributed by atoms with Crippen LogP contribution in [0.5, 0.6) is 0 Å². The average Bonchev–Trinajstić information content (AvgIpc) is 1.59. The van der Waals surface area contributed by atoms with Gasteiger partial charge in [-0.3, -0.25) is 0 Å². The lowest BCUT2D eigenvalue weighted by Gasteiger charge is -2.03. The minimum Gasteiger partial charge on any atom is -0.126 e. The lowest BCUT2D eigenvalue weighted by molar-refractivity contribution is 1.07. The van der Waals surface area contributed by atoms with Gasteiger partial charge >= 0.3 is 6.00 Å². The molecular weight excluding hydrogens is 199 g/mol. The quantitative estimate of drug-likeness (QED) is 0.489. The van der Waals surface area contributed by atoms with E-state index >= 15 is 0 Å². The van der Waals surface area contributed by atoms with Gasteiger partial charge in [-0.25, -0.2) is 0 Å². The molecule has 0 rings (SSSR count). The molecule has 8 heavy (non-hydrogen) atoms. The molecule has 0 spiro atoms. The van der Waals surface area contributed by atoms with E-state index in [1.165, 1.54) is 16.3 Å². The van der Waals surface area contributed by atoms with Crippen molar-refractivity contribution in [3.63, 3.8) is 0 Å². The maximum absolute atomic E-state index is 5.60. The summed E-state index contributed by atoms with van der Waals surface area (Å²) < 4.78 is 0. The second-order valence-corrected chi connectivity index (χ2v) is 12.0. The van der Waals surface area contributed by atoms with Gasteiger partial charge < -0.3 is 0 Å². The van der Waals surface area contributed by atoms with E-state index in [1.54, 1.807) is 0 Å². The Kier molecular flexibility index (Phi) is 4.85. The summed E-state index contributed by atoms with van der Waals surface area (Å²) in [6.07, 6.45) is 1.11. The minimum atomic E-state index is -2.24. The van der Waals surface area contributed by atoms with Crippen molar-refractivity contribution in [1.82, 2.24) is 0 Å². The Hall–Kier alpha value is 1.30. The van der Waals surface area contributed by atoms with Crippen LogP contribution in [0.3, 0.4) is 0 Å². The van der Waals surface area contributed by atoms with E-state index in [0.717, 1.165) is 12.5 Å². The lowest BCUT2D eigenvalue weighted by Crippen LogP contribution is -2.07. The monoisotopic (exact) mass is 206 g/mol. The molecule has 0 amide bonds. The molecule has 0 aromatic carbocycles. The van der Waals surface area contributed by atoms with Gasteiger partial charge in [0.05, 0.1) is 0 Å². The molecule has 0 aromatic rings. The van der Waals surface area contributed by atoms with Crippen LogP contribution in [-0.2, 0) is 0 Å². The molecule has 0 radical (unpaired) electrons. The predicted molar refractivity (Wildman–Crippen MR) is 47.5 cm³/mol. The summed E-state index contributed by atoms with van der Waals surface area (Å²) in [6.45, 7) is 0. The highest BCUT2D eigenvalue weighted by Crippen LogP contribution is 2.26. The Morgan fingerprint density at radius 2 is 1.75 bits per heavy atom. The molecule has 0 bridgehead atoms. The van der Waals surface area contributed by atoms with Gasteiger partial charge in [-0.15, -0.1) is 33.2 Å². The highest BCUT2D eigenvalue weighted by molar-refractivity contribution is 7.64. The number of halogens is 3. The molecule has 0 saturated carbocycles. The Morgan fingerprint density at radius 1 is 1.25 bits per heavy atom. The zero-order chi connectivity index (χ0) is 6.62. The molecule has 0 heterocycles. The van der Waals surface area contributed by atoms with Crippen LogP contribution in [0.15, 0.2) is 0 Å². The molecule has 0 aliphatic heterocycles. The molecule has 0 aliphatic rings. The van der Waals surface area contributed by atoms with Crippen molar-refractivity contribution in [3.8, 4) is 0 Å². The second kappa shape index (κ2) is 4.17. The summed E-state index contributed by atoms with van der Waals surface area (Å²) in [4.78, 5) is 0. The van der Waals surface area contributed by atoms with Crippen LogP contribution in [0.25, 0.3) is 0 Å². The summed E-state index contributed by atoms with van der Waals surface area (Å²) in [5, 5.41) is 0. The maximum Gasteiger partial charge on any atom is 0.341 e. The first-order valence-electron chi connectivity index (χ1n) is 2.63. The highest BCUT2D eigenvalue weighted by Gasteiger charge is 2.22. The number of rotatable bonds is 3. The van der Waals surface area contributed by atoms with Gasteiger partial charge in [0.2, 0.25) is 0 Å². The molecule has 50 valence electrons. The predicted octanol–water partition coefficient (Wildman–Crippen LogP) is 1.82. The third kappa shape index (κ3) is 7.30. The van der Waals surface area contributed by atoms with Gasteiger partial charge in [0.25, 0.3) is 0 Å². The van der Waals surface area contributed by atoms with Gasteiger partial charge in [-0.2, -0.15) is 0 Å². The zero-order valence-electron chi connectivity index (χ0n) is 4.76. The van der Waals surface area contributed by atoms with Gasteiger partial charge in [-0.05, 0) is 6.04 Å². The van der Waals surface area contributed by atoms with Crippen LogP contribution < -0.4 is 0 Å². The van der Waals surface area contributed by atoms with Gasteiger partial charge in [0, 0.05) is 10.2 Å². The van der Waals surface area contributed by atoms with Crippen LogP contribution in [0.1, 0.15) is 6.42 Å². The Labute approximate surface area is 68.0 Å². The largest absolute Gasteiger partial charge is 0.341 e. The SMILES string of the molecule is [SiH3]CCC[Si](Cl)(Cl)Cl. The number of hydrogen-bond donors (Lipinski definition) is 0.